The third kappa shape index (κ3) is 5.35. The van der Waals surface area contributed by atoms with Gasteiger partial charge in [0.25, 0.3) is 0 Å². The van der Waals surface area contributed by atoms with E-state index in [0.717, 1.165) is 11.6 Å². The maximum atomic E-state index is 15.4. The van der Waals surface area contributed by atoms with Crippen molar-refractivity contribution >= 4 is 41.0 Å². The van der Waals surface area contributed by atoms with Crippen LogP contribution in [0.2, 0.25) is 5.02 Å². The maximum absolute atomic E-state index is 15.4. The first-order valence-electron chi connectivity index (χ1n) is 13.1. The molecule has 0 saturated carbocycles. The summed E-state index contributed by atoms with van der Waals surface area (Å²) in [4.78, 5) is 30.4. The minimum atomic E-state index is -0.733. The molecular formula is C30H25ClF2N4O3S. The zero-order valence-corrected chi connectivity index (χ0v) is 23.4. The molecule has 41 heavy (non-hydrogen) atoms. The summed E-state index contributed by atoms with van der Waals surface area (Å²) in [6, 6.07) is 19.8. The summed E-state index contributed by atoms with van der Waals surface area (Å²) in [6.07, 6.45) is 0. The van der Waals surface area contributed by atoms with Gasteiger partial charge in [-0.25, -0.2) is 13.5 Å². The van der Waals surface area contributed by atoms with E-state index in [2.05, 4.69) is 0 Å². The summed E-state index contributed by atoms with van der Waals surface area (Å²) in [5.41, 5.74) is 2.47. The molecule has 3 aromatic carbocycles. The number of fused-ring (bicyclic) bond motifs is 1. The molecule has 6 rings (SSSR count). The van der Waals surface area contributed by atoms with E-state index in [4.69, 9.17) is 21.4 Å². The van der Waals surface area contributed by atoms with Gasteiger partial charge < -0.3 is 9.64 Å². The van der Waals surface area contributed by atoms with Crippen molar-refractivity contribution in [2.24, 2.45) is 0 Å². The lowest BCUT2D eigenvalue weighted by atomic mass is 9.99. The van der Waals surface area contributed by atoms with Gasteiger partial charge in [-0.05, 0) is 18.2 Å². The molecule has 0 N–H and O–H groups in total. The molecule has 1 saturated heterocycles. The molecule has 3 heterocycles. The van der Waals surface area contributed by atoms with Crippen molar-refractivity contribution in [1.82, 2.24) is 14.7 Å². The van der Waals surface area contributed by atoms with Crippen LogP contribution in [0.4, 0.5) is 14.6 Å². The van der Waals surface area contributed by atoms with Gasteiger partial charge in [0.15, 0.2) is 0 Å². The molecule has 2 amide bonds. The monoisotopic (exact) mass is 594 g/mol. The van der Waals surface area contributed by atoms with E-state index < -0.39 is 16.9 Å². The molecule has 2 aliphatic rings. The average molecular weight is 595 g/mol. The third-order valence-electron chi connectivity index (χ3n) is 7.12. The molecule has 0 radical (unpaired) electrons. The van der Waals surface area contributed by atoms with Crippen molar-refractivity contribution in [1.29, 1.82) is 0 Å². The highest BCUT2D eigenvalue weighted by Crippen LogP contribution is 2.49. The second-order valence-electron chi connectivity index (χ2n) is 9.65. The molecule has 0 unspecified atom stereocenters. The van der Waals surface area contributed by atoms with E-state index in [1.54, 1.807) is 33.8 Å². The number of ether oxygens (including phenoxy) is 1. The number of carbonyl (C=O) groups is 2. The number of carbonyl (C=O) groups excluding carboxylic acids is 2. The van der Waals surface area contributed by atoms with Crippen molar-refractivity contribution in [3.63, 3.8) is 0 Å². The van der Waals surface area contributed by atoms with Crippen LogP contribution in [0.5, 0.6) is 0 Å². The van der Waals surface area contributed by atoms with Crippen molar-refractivity contribution in [2.75, 3.05) is 43.5 Å². The fourth-order valence-corrected chi connectivity index (χ4v) is 6.56. The van der Waals surface area contributed by atoms with E-state index in [-0.39, 0.29) is 29.7 Å². The zero-order chi connectivity index (χ0) is 28.5. The van der Waals surface area contributed by atoms with E-state index in [0.29, 0.717) is 54.1 Å². The Morgan fingerprint density at radius 2 is 1.76 bits per heavy atom. The number of thioether (sulfide) groups is 1. The number of morpholine rings is 1. The highest BCUT2D eigenvalue weighted by Gasteiger charge is 2.39. The van der Waals surface area contributed by atoms with Crippen LogP contribution in [-0.2, 0) is 14.3 Å². The first-order valence-corrected chi connectivity index (χ1v) is 14.5. The molecule has 0 bridgehead atoms. The Balaban J connectivity index is 1.61. The Labute approximate surface area is 244 Å². The highest BCUT2D eigenvalue weighted by molar-refractivity contribution is 8.00. The van der Waals surface area contributed by atoms with Gasteiger partial charge in [0.05, 0.1) is 40.6 Å². The maximum Gasteiger partial charge on any atom is 0.242 e. The molecule has 11 heteroatoms. The van der Waals surface area contributed by atoms with E-state index in [9.17, 15) is 14.0 Å². The fourth-order valence-electron chi connectivity index (χ4n) is 5.13. The number of benzene rings is 3. The van der Waals surface area contributed by atoms with E-state index in [1.807, 2.05) is 30.3 Å². The number of nitrogens with zero attached hydrogens (tertiary/aromatic N) is 4. The summed E-state index contributed by atoms with van der Waals surface area (Å²) in [5, 5.41) is 4.59. The van der Waals surface area contributed by atoms with Crippen molar-refractivity contribution < 1.29 is 23.1 Å². The quantitative estimate of drug-likeness (QED) is 0.305. The Morgan fingerprint density at radius 3 is 2.49 bits per heavy atom. The summed E-state index contributed by atoms with van der Waals surface area (Å²) >= 11 is 7.86. The first kappa shape index (κ1) is 27.4. The Hall–Kier alpha value is -3.73. The zero-order valence-electron chi connectivity index (χ0n) is 21.8. The Morgan fingerprint density at radius 1 is 1.02 bits per heavy atom. The molecule has 7 nitrogen and oxygen atoms in total. The molecule has 1 atom stereocenters. The van der Waals surface area contributed by atoms with Crippen LogP contribution in [0.15, 0.2) is 72.8 Å². The van der Waals surface area contributed by atoms with Gasteiger partial charge in [0, 0.05) is 35.8 Å². The van der Waals surface area contributed by atoms with E-state index >= 15 is 4.39 Å². The summed E-state index contributed by atoms with van der Waals surface area (Å²) in [7, 11) is 0. The number of hydrogen-bond donors (Lipinski definition) is 0. The van der Waals surface area contributed by atoms with E-state index in [1.165, 1.54) is 28.8 Å². The minimum Gasteiger partial charge on any atom is -0.378 e. The smallest absolute Gasteiger partial charge is 0.242 e. The summed E-state index contributed by atoms with van der Waals surface area (Å²) < 4.78 is 36.3. The summed E-state index contributed by atoms with van der Waals surface area (Å²) in [6.45, 7) is 1.44. The number of para-hydroxylation sites is 1. The van der Waals surface area contributed by atoms with Gasteiger partial charge in [0.1, 0.15) is 24.0 Å². The molecule has 210 valence electrons. The van der Waals surface area contributed by atoms with Crippen molar-refractivity contribution in [3.05, 3.63) is 101 Å². The van der Waals surface area contributed by atoms with Gasteiger partial charge >= 0.3 is 0 Å². The van der Waals surface area contributed by atoms with Crippen molar-refractivity contribution in [2.45, 2.75) is 5.25 Å². The van der Waals surface area contributed by atoms with Crippen LogP contribution in [0.1, 0.15) is 16.4 Å². The molecule has 4 aromatic rings. The van der Waals surface area contributed by atoms with Gasteiger partial charge in [-0.3, -0.25) is 14.5 Å². The number of halogens is 3. The Bertz CT molecular complexity index is 1610. The number of anilines is 1. The lowest BCUT2D eigenvalue weighted by molar-refractivity contribution is -0.134. The number of aromatic nitrogens is 2. The van der Waals surface area contributed by atoms with Crippen LogP contribution < -0.4 is 4.90 Å². The van der Waals surface area contributed by atoms with Crippen LogP contribution in [0.25, 0.3) is 16.9 Å². The number of amides is 2. The minimum absolute atomic E-state index is 0.0384. The largest absolute Gasteiger partial charge is 0.378 e. The predicted molar refractivity (Wildman–Crippen MR) is 154 cm³/mol. The molecule has 1 aromatic heterocycles. The highest BCUT2D eigenvalue weighted by atomic mass is 35.5. The van der Waals surface area contributed by atoms with Crippen LogP contribution >= 0.6 is 23.4 Å². The van der Waals surface area contributed by atoms with Crippen LogP contribution in [0, 0.1) is 11.6 Å². The van der Waals surface area contributed by atoms with Gasteiger partial charge in [0.2, 0.25) is 11.8 Å². The lowest BCUT2D eigenvalue weighted by Gasteiger charge is -2.30. The molecule has 2 aliphatic heterocycles. The molecule has 0 aliphatic carbocycles. The topological polar surface area (TPSA) is 67.7 Å². The van der Waals surface area contributed by atoms with Crippen LogP contribution in [0.3, 0.4) is 0 Å². The number of rotatable bonds is 5. The first-order chi connectivity index (χ1) is 19.9. The van der Waals surface area contributed by atoms with Gasteiger partial charge in [-0.2, -0.15) is 5.10 Å². The predicted octanol–water partition coefficient (Wildman–Crippen LogP) is 5.50. The Kier molecular flexibility index (Phi) is 7.79. The lowest BCUT2D eigenvalue weighted by Crippen LogP contribution is -2.48. The van der Waals surface area contributed by atoms with Gasteiger partial charge in [-0.1, -0.05) is 60.1 Å². The SMILES string of the molecule is O=C(CN1C(=O)CS[C@H](c2ccc(F)cc2F)c2c(-c3ccccc3)nn(-c3ccccc3Cl)c21)N1CCOCC1. The molecule has 0 spiro atoms. The molecule has 1 fully saturated rings. The fraction of sp³-hybridized carbons (Fsp3) is 0.233. The third-order valence-corrected chi connectivity index (χ3v) is 8.68. The van der Waals surface area contributed by atoms with Gasteiger partial charge in [-0.15, -0.1) is 11.8 Å². The summed E-state index contributed by atoms with van der Waals surface area (Å²) in [5.74, 6) is -1.73. The second-order valence-corrected chi connectivity index (χ2v) is 11.1. The van der Waals surface area contributed by atoms with Crippen LogP contribution in [-0.4, -0.2) is 65.1 Å². The van der Waals surface area contributed by atoms with Crippen molar-refractivity contribution in [3.8, 4) is 16.9 Å². The average Bonchev–Trinajstić information content (AvgIpc) is 3.31. The molecular weight excluding hydrogens is 570 g/mol. The standard InChI is InChI=1S/C30H25ClF2N4O3S/c31-22-8-4-5-9-24(22)37-30-27(28(34-37)19-6-2-1-3-7-19)29(21-11-10-20(32)16-23(21)33)41-18-26(39)36(30)17-25(38)35-12-14-40-15-13-35/h1-11,16,29H,12-15,17-18H2/t29-/m1/s1. The second kappa shape index (κ2) is 11.6. The number of hydrogen-bond acceptors (Lipinski definition) is 5. The normalized spacial score (nSPS) is 17.3.